The fraction of sp³-hybridized carbons (Fsp3) is 0.435. The SMILES string of the molecule is COc1cc(C)c(C(C)NC(=O)COc2ccc(C)c(C)c2)cc1C(C)C. The zero-order chi connectivity index (χ0) is 20.1. The summed E-state index contributed by atoms with van der Waals surface area (Å²) in [4.78, 5) is 12.3. The predicted octanol–water partition coefficient (Wildman–Crippen LogP) is 5.00. The number of nitrogens with one attached hydrogen (secondary N) is 1. The Morgan fingerprint density at radius 2 is 1.67 bits per heavy atom. The normalized spacial score (nSPS) is 12.0. The first-order valence-corrected chi connectivity index (χ1v) is 9.40. The number of carbonyl (C=O) groups is 1. The van der Waals surface area contributed by atoms with E-state index in [1.165, 1.54) is 5.56 Å². The van der Waals surface area contributed by atoms with Gasteiger partial charge in [-0.1, -0.05) is 19.9 Å². The van der Waals surface area contributed by atoms with Gasteiger partial charge in [0.25, 0.3) is 5.91 Å². The van der Waals surface area contributed by atoms with Gasteiger partial charge in [0.2, 0.25) is 0 Å². The van der Waals surface area contributed by atoms with Crippen LogP contribution in [0.5, 0.6) is 11.5 Å². The first kappa shape index (κ1) is 20.8. The van der Waals surface area contributed by atoms with Crippen LogP contribution in [0.3, 0.4) is 0 Å². The Kier molecular flexibility index (Phi) is 6.89. The van der Waals surface area contributed by atoms with E-state index in [0.717, 1.165) is 28.0 Å². The minimum absolute atomic E-state index is 0.000912. The quantitative estimate of drug-likeness (QED) is 0.747. The Morgan fingerprint density at radius 3 is 2.26 bits per heavy atom. The fourth-order valence-electron chi connectivity index (χ4n) is 3.12. The summed E-state index contributed by atoms with van der Waals surface area (Å²) < 4.78 is 11.1. The summed E-state index contributed by atoms with van der Waals surface area (Å²) in [6, 6.07) is 9.91. The van der Waals surface area contributed by atoms with Crippen molar-refractivity contribution in [1.29, 1.82) is 0 Å². The number of hydrogen-bond donors (Lipinski definition) is 1. The maximum atomic E-state index is 12.3. The molecular weight excluding hydrogens is 338 g/mol. The van der Waals surface area contributed by atoms with Crippen molar-refractivity contribution in [3.05, 3.63) is 58.1 Å². The van der Waals surface area contributed by atoms with Crippen molar-refractivity contribution in [2.24, 2.45) is 0 Å². The van der Waals surface area contributed by atoms with Gasteiger partial charge in [-0.25, -0.2) is 0 Å². The van der Waals surface area contributed by atoms with E-state index in [2.05, 4.69) is 32.2 Å². The first-order valence-electron chi connectivity index (χ1n) is 9.40. The number of methoxy groups -OCH3 is 1. The van der Waals surface area contributed by atoms with Crippen LogP contribution in [-0.4, -0.2) is 19.6 Å². The summed E-state index contributed by atoms with van der Waals surface area (Å²) in [7, 11) is 1.69. The number of rotatable bonds is 7. The minimum atomic E-state index is -0.137. The average molecular weight is 370 g/mol. The Labute approximate surface area is 162 Å². The van der Waals surface area contributed by atoms with Crippen LogP contribution in [-0.2, 0) is 4.79 Å². The van der Waals surface area contributed by atoms with E-state index in [1.54, 1.807) is 7.11 Å². The smallest absolute Gasteiger partial charge is 0.258 e. The van der Waals surface area contributed by atoms with Crippen molar-refractivity contribution in [2.75, 3.05) is 13.7 Å². The molecule has 0 fully saturated rings. The average Bonchev–Trinajstić information content (AvgIpc) is 2.61. The topological polar surface area (TPSA) is 47.6 Å². The van der Waals surface area contributed by atoms with Crippen molar-refractivity contribution >= 4 is 5.91 Å². The van der Waals surface area contributed by atoms with Crippen molar-refractivity contribution < 1.29 is 14.3 Å². The minimum Gasteiger partial charge on any atom is -0.496 e. The van der Waals surface area contributed by atoms with Crippen LogP contribution in [0.4, 0.5) is 0 Å². The number of hydrogen-bond acceptors (Lipinski definition) is 3. The highest BCUT2D eigenvalue weighted by molar-refractivity contribution is 5.78. The maximum absolute atomic E-state index is 12.3. The summed E-state index contributed by atoms with van der Waals surface area (Å²) in [6.45, 7) is 12.4. The van der Waals surface area contributed by atoms with Gasteiger partial charge in [0.15, 0.2) is 6.61 Å². The van der Waals surface area contributed by atoms with Crippen LogP contribution in [0.1, 0.15) is 60.5 Å². The van der Waals surface area contributed by atoms with E-state index in [1.807, 2.05) is 45.0 Å². The highest BCUT2D eigenvalue weighted by Gasteiger charge is 2.17. The number of benzene rings is 2. The molecule has 0 bridgehead atoms. The number of aryl methyl sites for hydroxylation is 3. The molecule has 1 unspecified atom stereocenters. The monoisotopic (exact) mass is 369 g/mol. The van der Waals surface area contributed by atoms with E-state index in [9.17, 15) is 4.79 Å². The second-order valence-electron chi connectivity index (χ2n) is 7.43. The van der Waals surface area contributed by atoms with Gasteiger partial charge in [-0.3, -0.25) is 4.79 Å². The molecule has 1 amide bonds. The van der Waals surface area contributed by atoms with Crippen molar-refractivity contribution in [3.63, 3.8) is 0 Å². The lowest BCUT2D eigenvalue weighted by atomic mass is 9.93. The molecule has 0 aliphatic rings. The molecule has 4 heteroatoms. The Balaban J connectivity index is 2.05. The second kappa shape index (κ2) is 8.94. The molecule has 0 aromatic heterocycles. The lowest BCUT2D eigenvalue weighted by Crippen LogP contribution is -2.31. The number of carbonyl (C=O) groups excluding carboxylic acids is 1. The zero-order valence-corrected chi connectivity index (χ0v) is 17.5. The summed E-state index contributed by atoms with van der Waals surface area (Å²) in [5, 5.41) is 3.03. The number of ether oxygens (including phenoxy) is 2. The standard InChI is InChI=1S/C23H31NO3/c1-14(2)20-12-21(17(5)11-22(20)26-7)18(6)24-23(25)13-27-19-9-8-15(3)16(4)10-19/h8-12,14,18H,13H2,1-7H3,(H,24,25). The van der Waals surface area contributed by atoms with Crippen LogP contribution in [0.15, 0.2) is 30.3 Å². The fourth-order valence-corrected chi connectivity index (χ4v) is 3.12. The van der Waals surface area contributed by atoms with Gasteiger partial charge >= 0.3 is 0 Å². The van der Waals surface area contributed by atoms with Gasteiger partial charge in [0, 0.05) is 0 Å². The summed E-state index contributed by atoms with van der Waals surface area (Å²) in [5.41, 5.74) is 5.69. The zero-order valence-electron chi connectivity index (χ0n) is 17.5. The lowest BCUT2D eigenvalue weighted by molar-refractivity contribution is -0.123. The van der Waals surface area contributed by atoms with Crippen LogP contribution in [0.25, 0.3) is 0 Å². The molecule has 0 saturated heterocycles. The molecule has 27 heavy (non-hydrogen) atoms. The maximum Gasteiger partial charge on any atom is 0.258 e. The Morgan fingerprint density at radius 1 is 0.963 bits per heavy atom. The Hall–Kier alpha value is -2.49. The van der Waals surface area contributed by atoms with Gasteiger partial charge in [0.05, 0.1) is 13.2 Å². The van der Waals surface area contributed by atoms with Crippen molar-refractivity contribution in [1.82, 2.24) is 5.32 Å². The molecule has 4 nitrogen and oxygen atoms in total. The van der Waals surface area contributed by atoms with E-state index < -0.39 is 0 Å². The van der Waals surface area contributed by atoms with Gasteiger partial charge in [0.1, 0.15) is 11.5 Å². The van der Waals surface area contributed by atoms with E-state index in [4.69, 9.17) is 9.47 Å². The van der Waals surface area contributed by atoms with E-state index in [-0.39, 0.29) is 18.6 Å². The molecule has 0 saturated carbocycles. The van der Waals surface area contributed by atoms with Crippen molar-refractivity contribution in [3.8, 4) is 11.5 Å². The third-order valence-corrected chi connectivity index (χ3v) is 4.93. The summed E-state index contributed by atoms with van der Waals surface area (Å²) >= 11 is 0. The third-order valence-electron chi connectivity index (χ3n) is 4.93. The molecule has 2 aromatic carbocycles. The molecule has 1 N–H and O–H groups in total. The molecule has 2 aromatic rings. The number of amides is 1. The van der Waals surface area contributed by atoms with Crippen LogP contribution in [0, 0.1) is 20.8 Å². The van der Waals surface area contributed by atoms with Gasteiger partial charge < -0.3 is 14.8 Å². The van der Waals surface area contributed by atoms with Gasteiger partial charge in [-0.2, -0.15) is 0 Å². The van der Waals surface area contributed by atoms with Crippen molar-refractivity contribution in [2.45, 2.75) is 53.5 Å². The Bertz CT molecular complexity index is 812. The summed E-state index contributed by atoms with van der Waals surface area (Å²) in [5.74, 6) is 1.81. The van der Waals surface area contributed by atoms with E-state index in [0.29, 0.717) is 11.7 Å². The van der Waals surface area contributed by atoms with Crippen LogP contribution < -0.4 is 14.8 Å². The molecule has 1 atom stereocenters. The van der Waals surface area contributed by atoms with Gasteiger partial charge in [-0.05, 0) is 85.7 Å². The third kappa shape index (κ3) is 5.25. The molecule has 146 valence electrons. The highest BCUT2D eigenvalue weighted by Crippen LogP contribution is 2.32. The van der Waals surface area contributed by atoms with E-state index >= 15 is 0 Å². The molecule has 2 rings (SSSR count). The summed E-state index contributed by atoms with van der Waals surface area (Å²) in [6.07, 6.45) is 0. The lowest BCUT2D eigenvalue weighted by Gasteiger charge is -2.21. The molecule has 0 aliphatic heterocycles. The molecule has 0 aliphatic carbocycles. The molecule has 0 radical (unpaired) electrons. The second-order valence-corrected chi connectivity index (χ2v) is 7.43. The molecule has 0 spiro atoms. The van der Waals surface area contributed by atoms with Gasteiger partial charge in [-0.15, -0.1) is 0 Å². The van der Waals surface area contributed by atoms with Crippen LogP contribution >= 0.6 is 0 Å². The molecule has 0 heterocycles. The van der Waals surface area contributed by atoms with Crippen LogP contribution in [0.2, 0.25) is 0 Å². The predicted molar refractivity (Wildman–Crippen MR) is 110 cm³/mol. The first-order chi connectivity index (χ1) is 12.7. The molecular formula is C23H31NO3. The highest BCUT2D eigenvalue weighted by atomic mass is 16.5. The largest absolute Gasteiger partial charge is 0.496 e.